The summed E-state index contributed by atoms with van der Waals surface area (Å²) >= 11 is 0. The molecule has 1 saturated heterocycles. The molecular formula is C13H20N2O4S2. The van der Waals surface area contributed by atoms with E-state index < -0.39 is 25.9 Å². The van der Waals surface area contributed by atoms with Crippen molar-refractivity contribution in [3.8, 4) is 0 Å². The Balaban J connectivity index is 2.39. The molecule has 2 rings (SSSR count). The average Bonchev–Trinajstić information content (AvgIpc) is 2.36. The van der Waals surface area contributed by atoms with Gasteiger partial charge in [-0.05, 0) is 31.0 Å². The smallest absolute Gasteiger partial charge is 0.243 e. The molecule has 118 valence electrons. The highest BCUT2D eigenvalue weighted by atomic mass is 32.2. The van der Waals surface area contributed by atoms with Crippen molar-refractivity contribution in [1.29, 1.82) is 0 Å². The predicted molar refractivity (Wildman–Crippen MR) is 81.1 cm³/mol. The first-order valence-electron chi connectivity index (χ1n) is 6.69. The van der Waals surface area contributed by atoms with Gasteiger partial charge in [-0.3, -0.25) is 0 Å². The molecule has 1 aliphatic rings. The summed E-state index contributed by atoms with van der Waals surface area (Å²) in [6.45, 7) is 3.69. The number of aryl methyl sites for hydroxylation is 1. The normalized spacial score (nSPS) is 23.1. The summed E-state index contributed by atoms with van der Waals surface area (Å²) in [6.07, 6.45) is 0. The zero-order valence-electron chi connectivity index (χ0n) is 12.1. The average molecular weight is 332 g/mol. The summed E-state index contributed by atoms with van der Waals surface area (Å²) in [6, 6.07) is 4.42. The van der Waals surface area contributed by atoms with Gasteiger partial charge in [0.1, 0.15) is 0 Å². The van der Waals surface area contributed by atoms with Gasteiger partial charge in [-0.2, -0.15) is 4.31 Å². The van der Waals surface area contributed by atoms with Gasteiger partial charge in [0.15, 0.2) is 9.84 Å². The lowest BCUT2D eigenvalue weighted by Crippen LogP contribution is -2.49. The molecule has 0 bridgehead atoms. The van der Waals surface area contributed by atoms with E-state index in [-0.39, 0.29) is 22.9 Å². The standard InChI is InChI=1S/C13H20N2O4S2/c1-10-7-12(8-14)3-4-13(10)21(18,19)15-5-6-20(16,17)9-11(15)2/h3-4,7,11H,5-6,8-9,14H2,1-2H3. The number of sulfonamides is 1. The van der Waals surface area contributed by atoms with E-state index in [9.17, 15) is 16.8 Å². The number of sulfone groups is 1. The van der Waals surface area contributed by atoms with Crippen LogP contribution in [0.25, 0.3) is 0 Å². The molecule has 0 aliphatic carbocycles. The summed E-state index contributed by atoms with van der Waals surface area (Å²) in [5.74, 6) is -0.261. The van der Waals surface area contributed by atoms with Crippen LogP contribution in [0.2, 0.25) is 0 Å². The molecule has 21 heavy (non-hydrogen) atoms. The number of hydrogen-bond acceptors (Lipinski definition) is 5. The van der Waals surface area contributed by atoms with E-state index in [1.54, 1.807) is 32.0 Å². The third kappa shape index (κ3) is 3.28. The largest absolute Gasteiger partial charge is 0.326 e. The zero-order valence-corrected chi connectivity index (χ0v) is 13.7. The van der Waals surface area contributed by atoms with E-state index in [2.05, 4.69) is 0 Å². The lowest BCUT2D eigenvalue weighted by Gasteiger charge is -2.32. The monoisotopic (exact) mass is 332 g/mol. The van der Waals surface area contributed by atoms with Crippen molar-refractivity contribution in [3.63, 3.8) is 0 Å². The Bertz CT molecular complexity index is 741. The summed E-state index contributed by atoms with van der Waals surface area (Å²) in [5, 5.41) is 0. The summed E-state index contributed by atoms with van der Waals surface area (Å²) < 4.78 is 49.9. The molecule has 0 aromatic heterocycles. The van der Waals surface area contributed by atoms with Gasteiger partial charge in [0, 0.05) is 19.1 Å². The van der Waals surface area contributed by atoms with E-state index in [1.165, 1.54) is 4.31 Å². The third-order valence-corrected chi connectivity index (χ3v) is 7.64. The van der Waals surface area contributed by atoms with Gasteiger partial charge in [0.2, 0.25) is 10.0 Å². The van der Waals surface area contributed by atoms with Gasteiger partial charge >= 0.3 is 0 Å². The highest BCUT2D eigenvalue weighted by molar-refractivity contribution is 7.92. The highest BCUT2D eigenvalue weighted by Gasteiger charge is 2.37. The van der Waals surface area contributed by atoms with E-state index in [4.69, 9.17) is 5.73 Å². The van der Waals surface area contributed by atoms with Crippen LogP contribution in [-0.4, -0.2) is 45.2 Å². The van der Waals surface area contributed by atoms with Gasteiger partial charge in [0.05, 0.1) is 16.4 Å². The first kappa shape index (κ1) is 16.4. The fraction of sp³-hybridized carbons (Fsp3) is 0.538. The molecule has 1 aliphatic heterocycles. The molecule has 0 radical (unpaired) electrons. The fourth-order valence-corrected chi connectivity index (χ4v) is 6.20. The van der Waals surface area contributed by atoms with Crippen LogP contribution in [0.3, 0.4) is 0 Å². The Morgan fingerprint density at radius 1 is 1.38 bits per heavy atom. The quantitative estimate of drug-likeness (QED) is 0.856. The Morgan fingerprint density at radius 2 is 2.05 bits per heavy atom. The predicted octanol–water partition coefficient (Wildman–Crippen LogP) is 0.261. The third-order valence-electron chi connectivity index (χ3n) is 3.67. The molecule has 1 aromatic carbocycles. The van der Waals surface area contributed by atoms with Gasteiger partial charge in [-0.1, -0.05) is 12.1 Å². The topological polar surface area (TPSA) is 97.5 Å². The Hall–Kier alpha value is -0.960. The Labute approximate surface area is 125 Å². The van der Waals surface area contributed by atoms with E-state index >= 15 is 0 Å². The SMILES string of the molecule is Cc1cc(CN)ccc1S(=O)(=O)N1CCS(=O)(=O)CC1C. The summed E-state index contributed by atoms with van der Waals surface area (Å²) in [5.41, 5.74) is 7.03. The van der Waals surface area contributed by atoms with Crippen LogP contribution in [0.5, 0.6) is 0 Å². The van der Waals surface area contributed by atoms with Crippen LogP contribution >= 0.6 is 0 Å². The molecule has 1 fully saturated rings. The molecule has 8 heteroatoms. The van der Waals surface area contributed by atoms with Crippen LogP contribution in [0.1, 0.15) is 18.1 Å². The summed E-state index contributed by atoms with van der Waals surface area (Å²) in [4.78, 5) is 0.214. The van der Waals surface area contributed by atoms with Gasteiger partial charge < -0.3 is 5.73 Å². The van der Waals surface area contributed by atoms with Crippen LogP contribution in [0.4, 0.5) is 0 Å². The minimum absolute atomic E-state index is 0.00388. The molecule has 6 nitrogen and oxygen atoms in total. The number of hydrogen-bond donors (Lipinski definition) is 1. The van der Waals surface area contributed by atoms with Crippen LogP contribution in [0, 0.1) is 6.92 Å². The van der Waals surface area contributed by atoms with Crippen molar-refractivity contribution in [3.05, 3.63) is 29.3 Å². The molecular weight excluding hydrogens is 312 g/mol. The molecule has 0 spiro atoms. The Kier molecular flexibility index (Phi) is 4.44. The molecule has 1 unspecified atom stereocenters. The molecule has 1 atom stereocenters. The van der Waals surface area contributed by atoms with Gasteiger partial charge in [-0.15, -0.1) is 0 Å². The van der Waals surface area contributed by atoms with E-state index in [1.807, 2.05) is 0 Å². The van der Waals surface area contributed by atoms with Gasteiger partial charge in [0.25, 0.3) is 0 Å². The van der Waals surface area contributed by atoms with Crippen LogP contribution in [0.15, 0.2) is 23.1 Å². The second kappa shape index (κ2) is 5.68. The first-order valence-corrected chi connectivity index (χ1v) is 9.95. The van der Waals surface area contributed by atoms with Crippen molar-refractivity contribution >= 4 is 19.9 Å². The molecule has 1 aromatic rings. The number of nitrogens with two attached hydrogens (primary N) is 1. The van der Waals surface area contributed by atoms with E-state index in [0.29, 0.717) is 12.1 Å². The van der Waals surface area contributed by atoms with Crippen LogP contribution < -0.4 is 5.73 Å². The number of nitrogens with zero attached hydrogens (tertiary/aromatic N) is 1. The van der Waals surface area contributed by atoms with Crippen molar-refractivity contribution in [2.24, 2.45) is 5.73 Å². The maximum atomic E-state index is 12.7. The first-order chi connectivity index (χ1) is 9.67. The molecule has 0 saturated carbocycles. The fourth-order valence-electron chi connectivity index (χ4n) is 2.59. The lowest BCUT2D eigenvalue weighted by atomic mass is 10.1. The van der Waals surface area contributed by atoms with Crippen molar-refractivity contribution in [1.82, 2.24) is 4.31 Å². The van der Waals surface area contributed by atoms with Crippen LogP contribution in [-0.2, 0) is 26.4 Å². The Morgan fingerprint density at radius 3 is 2.57 bits per heavy atom. The minimum atomic E-state index is -3.69. The summed E-state index contributed by atoms with van der Waals surface area (Å²) in [7, 11) is -6.84. The lowest BCUT2D eigenvalue weighted by molar-refractivity contribution is 0.356. The highest BCUT2D eigenvalue weighted by Crippen LogP contribution is 2.25. The van der Waals surface area contributed by atoms with Crippen molar-refractivity contribution < 1.29 is 16.8 Å². The van der Waals surface area contributed by atoms with E-state index in [0.717, 1.165) is 5.56 Å². The molecule has 0 amide bonds. The second-order valence-corrected chi connectivity index (χ2v) is 9.47. The van der Waals surface area contributed by atoms with Crippen molar-refractivity contribution in [2.45, 2.75) is 31.3 Å². The zero-order chi connectivity index (χ0) is 15.8. The van der Waals surface area contributed by atoms with Crippen molar-refractivity contribution in [2.75, 3.05) is 18.1 Å². The maximum absolute atomic E-state index is 12.7. The number of benzene rings is 1. The second-order valence-electron chi connectivity index (χ2n) is 5.38. The minimum Gasteiger partial charge on any atom is -0.326 e. The maximum Gasteiger partial charge on any atom is 0.243 e. The van der Waals surface area contributed by atoms with Gasteiger partial charge in [-0.25, -0.2) is 16.8 Å². The molecule has 2 N–H and O–H groups in total. The molecule has 1 heterocycles. The number of rotatable bonds is 3.